The van der Waals surface area contributed by atoms with Gasteiger partial charge in [-0.2, -0.15) is 0 Å². The molecule has 1 aliphatic heterocycles. The third-order valence-electron chi connectivity index (χ3n) is 6.72. The number of imidazole rings is 1. The summed E-state index contributed by atoms with van der Waals surface area (Å²) in [5, 5.41) is 0. The molecule has 0 spiro atoms. The number of likely N-dealkylation sites (tertiary alicyclic amines) is 1. The average molecular weight is 442 g/mol. The van der Waals surface area contributed by atoms with Crippen LogP contribution in [0.3, 0.4) is 0 Å². The van der Waals surface area contributed by atoms with Crippen molar-refractivity contribution in [3.8, 4) is 5.75 Å². The van der Waals surface area contributed by atoms with Crippen LogP contribution < -0.4 is 4.74 Å². The van der Waals surface area contributed by atoms with E-state index in [1.54, 1.807) is 19.5 Å². The van der Waals surface area contributed by atoms with Gasteiger partial charge in [-0.1, -0.05) is 24.3 Å². The van der Waals surface area contributed by atoms with Crippen molar-refractivity contribution >= 4 is 11.0 Å². The average Bonchev–Trinajstić information content (AvgIpc) is 3.21. The molecule has 0 amide bonds. The lowest BCUT2D eigenvalue weighted by molar-refractivity contribution is 0.184. The van der Waals surface area contributed by atoms with Crippen LogP contribution in [0.4, 0.5) is 0 Å². The molecule has 3 heterocycles. The van der Waals surface area contributed by atoms with Gasteiger partial charge in [-0.05, 0) is 68.1 Å². The van der Waals surface area contributed by atoms with Gasteiger partial charge in [0.05, 0.1) is 36.6 Å². The number of aromatic nitrogens is 4. The molecule has 5 rings (SSSR count). The van der Waals surface area contributed by atoms with Crippen molar-refractivity contribution in [1.29, 1.82) is 0 Å². The van der Waals surface area contributed by atoms with E-state index >= 15 is 0 Å². The summed E-state index contributed by atoms with van der Waals surface area (Å²) in [6, 6.07) is 16.9. The number of piperidine rings is 1. The smallest absolute Gasteiger partial charge is 0.118 e. The van der Waals surface area contributed by atoms with Gasteiger partial charge in [0.2, 0.25) is 0 Å². The zero-order valence-corrected chi connectivity index (χ0v) is 19.2. The van der Waals surface area contributed by atoms with Crippen LogP contribution in [0, 0.1) is 5.92 Å². The van der Waals surface area contributed by atoms with Crippen molar-refractivity contribution in [1.82, 2.24) is 24.4 Å². The molecule has 0 bridgehead atoms. The Morgan fingerprint density at radius 1 is 1.00 bits per heavy atom. The molecule has 33 heavy (non-hydrogen) atoms. The number of methoxy groups -OCH3 is 1. The highest BCUT2D eigenvalue weighted by molar-refractivity contribution is 5.76. The van der Waals surface area contributed by atoms with E-state index < -0.39 is 0 Å². The number of hydrogen-bond acceptors (Lipinski definition) is 5. The summed E-state index contributed by atoms with van der Waals surface area (Å²) in [6.07, 6.45) is 9.87. The molecule has 6 heteroatoms. The Bertz CT molecular complexity index is 1160. The second-order valence-corrected chi connectivity index (χ2v) is 8.89. The van der Waals surface area contributed by atoms with Gasteiger partial charge < -0.3 is 14.2 Å². The van der Waals surface area contributed by atoms with Crippen molar-refractivity contribution in [2.24, 2.45) is 5.92 Å². The summed E-state index contributed by atoms with van der Waals surface area (Å²) in [5.74, 6) is 2.75. The zero-order chi connectivity index (χ0) is 22.5. The van der Waals surface area contributed by atoms with Gasteiger partial charge in [0.25, 0.3) is 0 Å². The highest BCUT2D eigenvalue weighted by Gasteiger charge is 2.22. The second-order valence-electron chi connectivity index (χ2n) is 8.89. The lowest BCUT2D eigenvalue weighted by Crippen LogP contribution is -2.36. The van der Waals surface area contributed by atoms with Gasteiger partial charge in [0.1, 0.15) is 11.6 Å². The Labute approximate surface area is 195 Å². The molecule has 170 valence electrons. The van der Waals surface area contributed by atoms with Gasteiger partial charge >= 0.3 is 0 Å². The van der Waals surface area contributed by atoms with Crippen LogP contribution in [0.1, 0.15) is 29.9 Å². The molecule has 4 aromatic rings. The predicted octanol–water partition coefficient (Wildman–Crippen LogP) is 4.38. The van der Waals surface area contributed by atoms with E-state index in [9.17, 15) is 0 Å². The number of ether oxygens (including phenoxy) is 1. The van der Waals surface area contributed by atoms with E-state index in [2.05, 4.69) is 68.0 Å². The largest absolute Gasteiger partial charge is 0.497 e. The van der Waals surface area contributed by atoms with Gasteiger partial charge in [-0.3, -0.25) is 9.97 Å². The van der Waals surface area contributed by atoms with Gasteiger partial charge in [-0.15, -0.1) is 0 Å². The summed E-state index contributed by atoms with van der Waals surface area (Å²) in [4.78, 5) is 16.3. The first-order valence-corrected chi connectivity index (χ1v) is 11.8. The van der Waals surface area contributed by atoms with Crippen LogP contribution in [-0.4, -0.2) is 51.2 Å². The number of benzene rings is 2. The standard InChI is InChI=1S/C27H31N5O/c1-33-24-8-6-21(7-9-24)10-15-31-16-11-22(12-17-31)18-27-30-25-4-2-3-5-26(25)32(27)20-23-19-28-13-14-29-23/h2-9,13-14,19,22H,10-12,15-18,20H2,1H3. The number of nitrogens with zero attached hydrogens (tertiary/aromatic N) is 5. The van der Waals surface area contributed by atoms with Crippen LogP contribution in [-0.2, 0) is 19.4 Å². The molecular formula is C27H31N5O. The summed E-state index contributed by atoms with van der Waals surface area (Å²) < 4.78 is 7.59. The minimum absolute atomic E-state index is 0.666. The molecule has 2 aromatic heterocycles. The predicted molar refractivity (Wildman–Crippen MR) is 130 cm³/mol. The highest BCUT2D eigenvalue weighted by atomic mass is 16.5. The number of hydrogen-bond donors (Lipinski definition) is 0. The summed E-state index contributed by atoms with van der Waals surface area (Å²) in [6.45, 7) is 4.14. The van der Waals surface area contributed by atoms with Gasteiger partial charge in [-0.25, -0.2) is 4.98 Å². The van der Waals surface area contributed by atoms with E-state index in [-0.39, 0.29) is 0 Å². The molecule has 0 atom stereocenters. The maximum Gasteiger partial charge on any atom is 0.118 e. The molecule has 0 radical (unpaired) electrons. The Kier molecular flexibility index (Phi) is 6.63. The fraction of sp³-hybridized carbons (Fsp3) is 0.370. The maximum absolute atomic E-state index is 5.26. The molecule has 0 N–H and O–H groups in total. The van der Waals surface area contributed by atoms with E-state index in [0.717, 1.165) is 49.4 Å². The van der Waals surface area contributed by atoms with Crippen molar-refractivity contribution in [3.05, 3.63) is 84.2 Å². The highest BCUT2D eigenvalue weighted by Crippen LogP contribution is 2.25. The number of fused-ring (bicyclic) bond motifs is 1. The maximum atomic E-state index is 5.26. The summed E-state index contributed by atoms with van der Waals surface area (Å²) in [7, 11) is 1.71. The first kappa shape index (κ1) is 21.6. The van der Waals surface area contributed by atoms with E-state index in [4.69, 9.17) is 9.72 Å². The Morgan fingerprint density at radius 3 is 2.58 bits per heavy atom. The topological polar surface area (TPSA) is 56.1 Å². The van der Waals surface area contributed by atoms with Crippen molar-refractivity contribution in [2.45, 2.75) is 32.2 Å². The third kappa shape index (κ3) is 5.22. The Balaban J connectivity index is 1.20. The SMILES string of the molecule is COc1ccc(CCN2CCC(Cc3nc4ccccc4n3Cc3cnccn3)CC2)cc1. The Morgan fingerprint density at radius 2 is 1.82 bits per heavy atom. The van der Waals surface area contributed by atoms with Crippen molar-refractivity contribution in [3.63, 3.8) is 0 Å². The zero-order valence-electron chi connectivity index (χ0n) is 19.2. The molecule has 1 fully saturated rings. The lowest BCUT2D eigenvalue weighted by Gasteiger charge is -2.32. The fourth-order valence-corrected chi connectivity index (χ4v) is 4.78. The molecule has 1 saturated heterocycles. The van der Waals surface area contributed by atoms with E-state index in [1.807, 2.05) is 6.20 Å². The van der Waals surface area contributed by atoms with Crippen LogP contribution in [0.15, 0.2) is 67.1 Å². The van der Waals surface area contributed by atoms with Crippen molar-refractivity contribution in [2.75, 3.05) is 26.7 Å². The molecule has 0 unspecified atom stereocenters. The molecule has 2 aromatic carbocycles. The minimum Gasteiger partial charge on any atom is -0.497 e. The molecule has 0 saturated carbocycles. The molecule has 6 nitrogen and oxygen atoms in total. The molecule has 0 aliphatic carbocycles. The Hall–Kier alpha value is -3.25. The minimum atomic E-state index is 0.666. The van der Waals surface area contributed by atoms with Crippen LogP contribution >= 0.6 is 0 Å². The molecule has 1 aliphatic rings. The fourth-order valence-electron chi connectivity index (χ4n) is 4.78. The second kappa shape index (κ2) is 10.1. The third-order valence-corrected chi connectivity index (χ3v) is 6.72. The van der Waals surface area contributed by atoms with Gasteiger partial charge in [0.15, 0.2) is 0 Å². The first-order valence-electron chi connectivity index (χ1n) is 11.8. The van der Waals surface area contributed by atoms with Crippen LogP contribution in [0.5, 0.6) is 5.75 Å². The van der Waals surface area contributed by atoms with E-state index in [1.165, 1.54) is 29.7 Å². The lowest BCUT2D eigenvalue weighted by atomic mass is 9.93. The van der Waals surface area contributed by atoms with Crippen LogP contribution in [0.25, 0.3) is 11.0 Å². The number of rotatable bonds is 8. The monoisotopic (exact) mass is 441 g/mol. The van der Waals surface area contributed by atoms with Crippen molar-refractivity contribution < 1.29 is 4.74 Å². The van der Waals surface area contributed by atoms with Crippen LogP contribution in [0.2, 0.25) is 0 Å². The first-order chi connectivity index (χ1) is 16.3. The van der Waals surface area contributed by atoms with E-state index in [0.29, 0.717) is 12.5 Å². The quantitative estimate of drug-likeness (QED) is 0.406. The van der Waals surface area contributed by atoms with Gasteiger partial charge in [0, 0.05) is 25.4 Å². The number of para-hydroxylation sites is 2. The molecular weight excluding hydrogens is 410 g/mol. The summed E-state index contributed by atoms with van der Waals surface area (Å²) in [5.41, 5.74) is 4.58. The summed E-state index contributed by atoms with van der Waals surface area (Å²) >= 11 is 0. The normalized spacial score (nSPS) is 15.2.